The van der Waals surface area contributed by atoms with Crippen molar-refractivity contribution in [3.8, 4) is 16.9 Å². The molecule has 0 saturated carbocycles. The molecular weight excluding hydrogens is 497 g/mol. The smallest absolute Gasteiger partial charge is 0.251 e. The fraction of sp³-hybridized carbons (Fsp3) is 0.194. The molecule has 7 nitrogen and oxygen atoms in total. The Kier molecular flexibility index (Phi) is 6.54. The number of halogens is 1. The molecule has 1 fully saturated rings. The topological polar surface area (TPSA) is 86.4 Å². The number of ether oxygens (including phenoxy) is 1. The Bertz CT molecular complexity index is 1680. The lowest BCUT2D eigenvalue weighted by Gasteiger charge is -2.23. The lowest BCUT2D eigenvalue weighted by atomic mass is 9.97. The Balaban J connectivity index is 1.45. The molecule has 0 spiro atoms. The molecule has 1 saturated heterocycles. The summed E-state index contributed by atoms with van der Waals surface area (Å²) < 4.78 is 26.7. The number of hydrogen-bond acceptors (Lipinski definition) is 5. The predicted octanol–water partition coefficient (Wildman–Crippen LogP) is 5.87. The number of fused-ring (bicyclic) bond motifs is 1. The summed E-state index contributed by atoms with van der Waals surface area (Å²) in [7, 11) is 0. The molecule has 1 N–H and O–H groups in total. The third kappa shape index (κ3) is 4.75. The lowest BCUT2D eigenvalue weighted by molar-refractivity contribution is 0.0696. The van der Waals surface area contributed by atoms with Crippen LogP contribution in [0.2, 0.25) is 0 Å². The Morgan fingerprint density at radius 2 is 1.79 bits per heavy atom. The van der Waals surface area contributed by atoms with Gasteiger partial charge in [0.05, 0.1) is 11.1 Å². The minimum Gasteiger partial charge on any atom is -0.381 e. The fourth-order valence-corrected chi connectivity index (χ4v) is 5.07. The number of benzene rings is 3. The van der Waals surface area contributed by atoms with Gasteiger partial charge in [-0.05, 0) is 56.2 Å². The first kappa shape index (κ1) is 24.8. The number of aryl methyl sites for hydroxylation is 1. The highest BCUT2D eigenvalue weighted by molar-refractivity contribution is 6.19. The van der Waals surface area contributed by atoms with Crippen LogP contribution in [0.25, 0.3) is 27.8 Å². The van der Waals surface area contributed by atoms with Crippen LogP contribution in [0.3, 0.4) is 0 Å². The second-order valence-corrected chi connectivity index (χ2v) is 9.64. The van der Waals surface area contributed by atoms with E-state index in [0.29, 0.717) is 46.6 Å². The van der Waals surface area contributed by atoms with E-state index >= 15 is 0 Å². The van der Waals surface area contributed by atoms with Crippen LogP contribution in [0, 0.1) is 12.7 Å². The zero-order chi connectivity index (χ0) is 26.9. The van der Waals surface area contributed by atoms with Crippen molar-refractivity contribution < 1.29 is 23.2 Å². The molecule has 0 unspecified atom stereocenters. The van der Waals surface area contributed by atoms with Crippen LogP contribution in [-0.2, 0) is 4.74 Å². The van der Waals surface area contributed by atoms with Crippen LogP contribution in [-0.4, -0.2) is 40.7 Å². The quantitative estimate of drug-likeness (QED) is 0.281. The minimum atomic E-state index is -0.432. The summed E-state index contributed by atoms with van der Waals surface area (Å²) in [4.78, 5) is 27.2. The van der Waals surface area contributed by atoms with Gasteiger partial charge in [-0.2, -0.15) is 0 Å². The van der Waals surface area contributed by atoms with Crippen LogP contribution in [0.15, 0.2) is 83.5 Å². The van der Waals surface area contributed by atoms with E-state index < -0.39 is 5.82 Å². The molecule has 2 aromatic heterocycles. The third-order valence-electron chi connectivity index (χ3n) is 7.09. The third-order valence-corrected chi connectivity index (χ3v) is 7.09. The molecule has 0 bridgehead atoms. The molecule has 0 aliphatic carbocycles. The number of amides is 1. The maximum absolute atomic E-state index is 14.0. The SMILES string of the molecule is Cc1onc(-c2cccc(F)c2)c1C(=O)c1cn(-c2ccccc2)c2cc(C(=O)NC3CCOCC3)ccc12. The maximum Gasteiger partial charge on any atom is 0.251 e. The number of rotatable bonds is 6. The highest BCUT2D eigenvalue weighted by atomic mass is 19.1. The molecule has 1 amide bonds. The Morgan fingerprint density at radius 1 is 1.00 bits per heavy atom. The van der Waals surface area contributed by atoms with Crippen LogP contribution in [0.4, 0.5) is 4.39 Å². The van der Waals surface area contributed by atoms with E-state index in [1.807, 2.05) is 41.0 Å². The molecule has 8 heteroatoms. The van der Waals surface area contributed by atoms with E-state index in [1.54, 1.807) is 37.4 Å². The van der Waals surface area contributed by atoms with Gasteiger partial charge in [-0.3, -0.25) is 9.59 Å². The number of nitrogens with one attached hydrogen (secondary N) is 1. The molecule has 39 heavy (non-hydrogen) atoms. The van der Waals surface area contributed by atoms with E-state index in [0.717, 1.165) is 18.5 Å². The zero-order valence-corrected chi connectivity index (χ0v) is 21.3. The predicted molar refractivity (Wildman–Crippen MR) is 145 cm³/mol. The van der Waals surface area contributed by atoms with E-state index in [-0.39, 0.29) is 29.0 Å². The highest BCUT2D eigenvalue weighted by Crippen LogP contribution is 2.33. The van der Waals surface area contributed by atoms with Crippen molar-refractivity contribution in [3.63, 3.8) is 0 Å². The van der Waals surface area contributed by atoms with Crippen molar-refractivity contribution in [2.24, 2.45) is 0 Å². The molecule has 196 valence electrons. The van der Waals surface area contributed by atoms with Gasteiger partial charge in [-0.15, -0.1) is 0 Å². The number of nitrogens with zero attached hydrogens (tertiary/aromatic N) is 2. The van der Waals surface area contributed by atoms with Crippen molar-refractivity contribution in [1.29, 1.82) is 0 Å². The number of hydrogen-bond donors (Lipinski definition) is 1. The van der Waals surface area contributed by atoms with Gasteiger partial charge in [0.15, 0.2) is 0 Å². The van der Waals surface area contributed by atoms with Gasteiger partial charge in [-0.1, -0.05) is 41.6 Å². The van der Waals surface area contributed by atoms with Gasteiger partial charge in [0.2, 0.25) is 5.78 Å². The first-order valence-electron chi connectivity index (χ1n) is 12.9. The molecule has 1 aliphatic heterocycles. The number of carbonyl (C=O) groups is 2. The zero-order valence-electron chi connectivity index (χ0n) is 21.3. The van der Waals surface area contributed by atoms with Crippen molar-refractivity contribution >= 4 is 22.6 Å². The van der Waals surface area contributed by atoms with Gasteiger partial charge in [0, 0.05) is 53.2 Å². The summed E-state index contributed by atoms with van der Waals surface area (Å²) in [5.41, 5.74) is 3.49. The molecular formula is C31H26FN3O4. The number of para-hydroxylation sites is 1. The van der Waals surface area contributed by atoms with Gasteiger partial charge >= 0.3 is 0 Å². The second kappa shape index (κ2) is 10.3. The number of carbonyl (C=O) groups excluding carboxylic acids is 2. The highest BCUT2D eigenvalue weighted by Gasteiger charge is 2.27. The Hall–Kier alpha value is -4.56. The van der Waals surface area contributed by atoms with Crippen molar-refractivity contribution in [2.75, 3.05) is 13.2 Å². The summed E-state index contributed by atoms with van der Waals surface area (Å²) in [6.07, 6.45) is 3.32. The number of ketones is 1. The van der Waals surface area contributed by atoms with Gasteiger partial charge in [0.25, 0.3) is 5.91 Å². The first-order valence-corrected chi connectivity index (χ1v) is 12.9. The summed E-state index contributed by atoms with van der Waals surface area (Å²) in [6, 6.07) is 20.9. The molecule has 1 aliphatic rings. The van der Waals surface area contributed by atoms with Gasteiger partial charge in [0.1, 0.15) is 17.3 Å². The van der Waals surface area contributed by atoms with Crippen LogP contribution in [0.1, 0.15) is 44.9 Å². The summed E-state index contributed by atoms with van der Waals surface area (Å²) in [6.45, 7) is 2.93. The Labute approximate surface area is 224 Å². The summed E-state index contributed by atoms with van der Waals surface area (Å²) in [5, 5.41) is 7.86. The minimum absolute atomic E-state index is 0.0674. The monoisotopic (exact) mass is 523 g/mol. The maximum atomic E-state index is 14.0. The van der Waals surface area contributed by atoms with E-state index in [4.69, 9.17) is 9.26 Å². The van der Waals surface area contributed by atoms with E-state index in [9.17, 15) is 14.0 Å². The normalized spacial score (nSPS) is 14.0. The number of aromatic nitrogens is 2. The van der Waals surface area contributed by atoms with Gasteiger partial charge < -0.3 is 19.1 Å². The van der Waals surface area contributed by atoms with Crippen LogP contribution < -0.4 is 5.32 Å². The van der Waals surface area contributed by atoms with Crippen molar-refractivity contribution in [1.82, 2.24) is 15.0 Å². The van der Waals surface area contributed by atoms with E-state index in [1.165, 1.54) is 12.1 Å². The molecule has 5 aromatic rings. The molecule has 3 aromatic carbocycles. The second-order valence-electron chi connectivity index (χ2n) is 9.64. The van der Waals surface area contributed by atoms with Gasteiger partial charge in [-0.25, -0.2) is 4.39 Å². The van der Waals surface area contributed by atoms with E-state index in [2.05, 4.69) is 10.5 Å². The summed E-state index contributed by atoms with van der Waals surface area (Å²) in [5.74, 6) is -0.556. The average Bonchev–Trinajstić information content (AvgIpc) is 3.54. The first-order chi connectivity index (χ1) is 19.0. The Morgan fingerprint density at radius 3 is 2.56 bits per heavy atom. The van der Waals surface area contributed by atoms with Crippen molar-refractivity contribution in [3.05, 3.63) is 107 Å². The standard InChI is InChI=1S/C31H26FN3O4/c1-19-28(29(34-39-19)20-6-5-7-22(32)16-20)30(36)26-18-35(24-8-3-2-4-9-24)27-17-21(10-11-25(26)27)31(37)33-23-12-14-38-15-13-23/h2-11,16-18,23H,12-15H2,1H3,(H,33,37). The van der Waals surface area contributed by atoms with Crippen molar-refractivity contribution in [2.45, 2.75) is 25.8 Å². The molecule has 6 rings (SSSR count). The fourth-order valence-electron chi connectivity index (χ4n) is 5.07. The molecule has 0 atom stereocenters. The molecule has 3 heterocycles. The molecule has 0 radical (unpaired) electrons. The summed E-state index contributed by atoms with van der Waals surface area (Å²) >= 11 is 0. The van der Waals surface area contributed by atoms with Crippen LogP contribution >= 0.6 is 0 Å². The van der Waals surface area contributed by atoms with Crippen LogP contribution in [0.5, 0.6) is 0 Å². The largest absolute Gasteiger partial charge is 0.381 e. The lowest BCUT2D eigenvalue weighted by Crippen LogP contribution is -2.38. The average molecular weight is 524 g/mol.